The number of allylic oxidation sites excluding steroid dienone is 3. The fraction of sp³-hybridized carbons (Fsp3) is 0.379. The molecule has 0 unspecified atom stereocenters. The van der Waals surface area contributed by atoms with Crippen LogP contribution < -0.4 is 14.8 Å². The van der Waals surface area contributed by atoms with E-state index in [4.69, 9.17) is 14.2 Å². The largest absolute Gasteiger partial charge is 0.497 e. The molecule has 1 aliphatic heterocycles. The first-order chi connectivity index (χ1) is 16.8. The molecule has 4 rings (SSSR count). The third kappa shape index (κ3) is 4.97. The van der Waals surface area contributed by atoms with Crippen molar-refractivity contribution in [1.29, 1.82) is 0 Å². The van der Waals surface area contributed by atoms with Gasteiger partial charge in [0.15, 0.2) is 5.78 Å². The Bertz CT molecular complexity index is 1180. The zero-order chi connectivity index (χ0) is 25.1. The van der Waals surface area contributed by atoms with Crippen LogP contribution in [0.3, 0.4) is 0 Å². The average molecular weight is 476 g/mol. The van der Waals surface area contributed by atoms with E-state index in [1.807, 2.05) is 69.3 Å². The van der Waals surface area contributed by atoms with Gasteiger partial charge in [0.2, 0.25) is 0 Å². The summed E-state index contributed by atoms with van der Waals surface area (Å²) < 4.78 is 16.6. The maximum Gasteiger partial charge on any atom is 0.336 e. The van der Waals surface area contributed by atoms with Crippen molar-refractivity contribution in [2.24, 2.45) is 5.92 Å². The van der Waals surface area contributed by atoms with Gasteiger partial charge in [0.1, 0.15) is 11.5 Å². The number of Topliss-reactive ketones (excluding diaryl/α,β-unsaturated/α-hetero) is 1. The second-order valence-electron chi connectivity index (χ2n) is 9.52. The summed E-state index contributed by atoms with van der Waals surface area (Å²) in [6.07, 6.45) is 1.04. The maximum atomic E-state index is 13.7. The van der Waals surface area contributed by atoms with Crippen LogP contribution in [0.25, 0.3) is 0 Å². The van der Waals surface area contributed by atoms with Gasteiger partial charge in [-0.3, -0.25) is 4.79 Å². The lowest BCUT2D eigenvalue weighted by atomic mass is 9.71. The molecule has 2 aromatic rings. The van der Waals surface area contributed by atoms with Crippen LogP contribution in [0.2, 0.25) is 0 Å². The van der Waals surface area contributed by atoms with E-state index in [2.05, 4.69) is 5.32 Å². The summed E-state index contributed by atoms with van der Waals surface area (Å²) in [5.41, 5.74) is 4.53. The molecule has 2 aromatic carbocycles. The van der Waals surface area contributed by atoms with Crippen molar-refractivity contribution in [1.82, 2.24) is 5.32 Å². The molecule has 0 radical (unpaired) electrons. The van der Waals surface area contributed by atoms with Crippen LogP contribution in [0, 0.1) is 5.92 Å². The number of carbonyl (C=O) groups is 2. The zero-order valence-corrected chi connectivity index (χ0v) is 21.0. The number of benzene rings is 2. The van der Waals surface area contributed by atoms with E-state index in [9.17, 15) is 9.59 Å². The Labute approximate surface area is 207 Å². The molecule has 1 N–H and O–H groups in total. The molecular formula is C29H33NO5. The monoisotopic (exact) mass is 475 g/mol. The van der Waals surface area contributed by atoms with Crippen LogP contribution in [0.15, 0.2) is 71.1 Å². The fourth-order valence-corrected chi connectivity index (χ4v) is 4.96. The van der Waals surface area contributed by atoms with E-state index >= 15 is 0 Å². The Kier molecular flexibility index (Phi) is 7.29. The predicted molar refractivity (Wildman–Crippen MR) is 134 cm³/mol. The number of hydrogen-bond donors (Lipinski definition) is 1. The summed E-state index contributed by atoms with van der Waals surface area (Å²) in [6, 6.07) is 15.4. The summed E-state index contributed by atoms with van der Waals surface area (Å²) in [6.45, 7) is 6.18. The fourth-order valence-electron chi connectivity index (χ4n) is 4.96. The number of rotatable bonds is 7. The quantitative estimate of drug-likeness (QED) is 0.551. The lowest BCUT2D eigenvalue weighted by Gasteiger charge is -2.37. The molecule has 2 aliphatic rings. The van der Waals surface area contributed by atoms with E-state index in [0.717, 1.165) is 22.6 Å². The lowest BCUT2D eigenvalue weighted by molar-refractivity contribution is -0.140. The third-order valence-corrected chi connectivity index (χ3v) is 6.63. The van der Waals surface area contributed by atoms with Crippen LogP contribution >= 0.6 is 0 Å². The number of hydrogen-bond acceptors (Lipinski definition) is 6. The Morgan fingerprint density at radius 1 is 1.03 bits per heavy atom. The first-order valence-corrected chi connectivity index (χ1v) is 12.0. The van der Waals surface area contributed by atoms with E-state index in [1.165, 1.54) is 0 Å². The summed E-state index contributed by atoms with van der Waals surface area (Å²) >= 11 is 0. The number of ether oxygens (including phenoxy) is 3. The number of para-hydroxylation sites is 1. The molecule has 0 aromatic heterocycles. The highest BCUT2D eigenvalue weighted by molar-refractivity contribution is 6.04. The first kappa shape index (κ1) is 24.6. The predicted octanol–water partition coefficient (Wildman–Crippen LogP) is 5.26. The van der Waals surface area contributed by atoms with Gasteiger partial charge in [0, 0.05) is 29.0 Å². The minimum Gasteiger partial charge on any atom is -0.497 e. The number of nitrogens with one attached hydrogen (secondary N) is 1. The number of esters is 1. The molecule has 1 heterocycles. The normalized spacial score (nSPS) is 19.9. The molecular weight excluding hydrogens is 442 g/mol. The van der Waals surface area contributed by atoms with Crippen LogP contribution in [-0.4, -0.2) is 32.6 Å². The highest BCUT2D eigenvalue weighted by Gasteiger charge is 2.42. The van der Waals surface area contributed by atoms with Crippen molar-refractivity contribution in [2.75, 3.05) is 20.8 Å². The van der Waals surface area contributed by atoms with Crippen LogP contribution in [0.1, 0.15) is 56.6 Å². The maximum absolute atomic E-state index is 13.7. The summed E-state index contributed by atoms with van der Waals surface area (Å²) in [5, 5.41) is 3.40. The van der Waals surface area contributed by atoms with Gasteiger partial charge in [-0.2, -0.15) is 0 Å². The molecule has 0 saturated heterocycles. The summed E-state index contributed by atoms with van der Waals surface area (Å²) in [4.78, 5) is 27.0. The minimum absolute atomic E-state index is 0.0251. The molecule has 6 nitrogen and oxygen atoms in total. The van der Waals surface area contributed by atoms with Gasteiger partial charge in [-0.1, -0.05) is 44.2 Å². The number of carbonyl (C=O) groups excluding carboxylic acids is 2. The van der Waals surface area contributed by atoms with Gasteiger partial charge in [0.25, 0.3) is 0 Å². The van der Waals surface area contributed by atoms with Gasteiger partial charge in [-0.15, -0.1) is 0 Å². The van der Waals surface area contributed by atoms with E-state index in [1.54, 1.807) is 14.2 Å². The van der Waals surface area contributed by atoms with E-state index in [-0.39, 0.29) is 17.6 Å². The van der Waals surface area contributed by atoms with Gasteiger partial charge in [-0.05, 0) is 48.9 Å². The highest BCUT2D eigenvalue weighted by Crippen LogP contribution is 2.47. The second-order valence-corrected chi connectivity index (χ2v) is 9.52. The molecule has 184 valence electrons. The summed E-state index contributed by atoms with van der Waals surface area (Å²) in [5.74, 6) is 0.738. The Hall–Kier alpha value is -3.54. The van der Waals surface area contributed by atoms with Crippen LogP contribution in [0.5, 0.6) is 11.5 Å². The lowest BCUT2D eigenvalue weighted by Crippen LogP contribution is -2.36. The van der Waals surface area contributed by atoms with Crippen molar-refractivity contribution in [3.05, 3.63) is 82.2 Å². The van der Waals surface area contributed by atoms with Gasteiger partial charge >= 0.3 is 5.97 Å². The molecule has 6 heteroatoms. The molecule has 0 spiro atoms. The Morgan fingerprint density at radius 2 is 1.74 bits per heavy atom. The minimum atomic E-state index is -0.550. The van der Waals surface area contributed by atoms with E-state index < -0.39 is 11.9 Å². The molecule has 1 aliphatic carbocycles. The number of dihydropyridines is 1. The molecule has 0 amide bonds. The first-order valence-electron chi connectivity index (χ1n) is 12.0. The van der Waals surface area contributed by atoms with Crippen molar-refractivity contribution in [3.8, 4) is 11.5 Å². The average Bonchev–Trinajstić information content (AvgIpc) is 2.86. The highest BCUT2D eigenvalue weighted by atomic mass is 16.5. The molecule has 2 atom stereocenters. The number of methoxy groups -OCH3 is 2. The SMILES string of the molecule is COc1ccc([C@@H]2CC(=O)C3=C(C2)NC(C)=C(C(=O)OCC(C)C)[C@H]3c2ccccc2OC)cc1. The second kappa shape index (κ2) is 10.4. The van der Waals surface area contributed by atoms with Crippen molar-refractivity contribution in [2.45, 2.75) is 45.4 Å². The standard InChI is InChI=1S/C29H33NO5/c1-17(2)16-35-29(32)26-18(3)30-23-14-20(19-10-12-21(33-4)13-11-19)15-24(31)28(23)27(26)22-8-6-7-9-25(22)34-5/h6-13,17,20,27,30H,14-16H2,1-5H3/t20-,27+/m0/s1. The molecule has 0 bridgehead atoms. The smallest absolute Gasteiger partial charge is 0.336 e. The Balaban J connectivity index is 1.77. The molecule has 0 saturated carbocycles. The number of ketones is 1. The van der Waals surface area contributed by atoms with Gasteiger partial charge in [-0.25, -0.2) is 4.79 Å². The van der Waals surface area contributed by atoms with Crippen LogP contribution in [0.4, 0.5) is 0 Å². The molecule has 0 fully saturated rings. The third-order valence-electron chi connectivity index (χ3n) is 6.63. The van der Waals surface area contributed by atoms with Gasteiger partial charge in [0.05, 0.1) is 32.3 Å². The zero-order valence-electron chi connectivity index (χ0n) is 21.0. The molecule has 35 heavy (non-hydrogen) atoms. The summed E-state index contributed by atoms with van der Waals surface area (Å²) in [7, 11) is 3.24. The van der Waals surface area contributed by atoms with Crippen molar-refractivity contribution < 1.29 is 23.8 Å². The Morgan fingerprint density at radius 3 is 2.40 bits per heavy atom. The van der Waals surface area contributed by atoms with Crippen molar-refractivity contribution >= 4 is 11.8 Å². The van der Waals surface area contributed by atoms with Gasteiger partial charge < -0.3 is 19.5 Å². The van der Waals surface area contributed by atoms with E-state index in [0.29, 0.717) is 42.0 Å². The van der Waals surface area contributed by atoms with Crippen LogP contribution in [-0.2, 0) is 14.3 Å². The van der Waals surface area contributed by atoms with Crippen molar-refractivity contribution in [3.63, 3.8) is 0 Å². The topological polar surface area (TPSA) is 73.9 Å².